The van der Waals surface area contributed by atoms with E-state index in [0.29, 0.717) is 23.9 Å². The number of anilines is 2. The minimum Gasteiger partial charge on any atom is -0.443 e. The van der Waals surface area contributed by atoms with E-state index in [1.165, 1.54) is 11.8 Å². The van der Waals surface area contributed by atoms with Crippen LogP contribution in [0.25, 0.3) is 0 Å². The lowest BCUT2D eigenvalue weighted by molar-refractivity contribution is 0.0554. The molecule has 170 valence electrons. The Morgan fingerprint density at radius 1 is 1.25 bits per heavy atom. The summed E-state index contributed by atoms with van der Waals surface area (Å²) in [5, 5.41) is 0.640. The monoisotopic (exact) mass is 455 g/mol. The van der Waals surface area contributed by atoms with E-state index < -0.39 is 5.60 Å². The highest BCUT2D eigenvalue weighted by Crippen LogP contribution is 2.43. The number of ether oxygens (including phenoxy) is 1. The normalized spacial score (nSPS) is 20.7. The quantitative estimate of drug-likeness (QED) is 0.476. The van der Waals surface area contributed by atoms with E-state index in [-0.39, 0.29) is 24.2 Å². The van der Waals surface area contributed by atoms with Crippen molar-refractivity contribution < 1.29 is 14.3 Å². The molecule has 1 aromatic carbocycles. The van der Waals surface area contributed by atoms with Crippen molar-refractivity contribution in [3.63, 3.8) is 0 Å². The number of rotatable bonds is 2. The number of aromatic nitrogens is 2. The summed E-state index contributed by atoms with van der Waals surface area (Å²) in [6.07, 6.45) is 3.95. The molecule has 2 aromatic rings. The molecule has 2 aliphatic rings. The van der Waals surface area contributed by atoms with Crippen molar-refractivity contribution in [2.45, 2.75) is 63.5 Å². The zero-order valence-electron chi connectivity index (χ0n) is 19.3. The van der Waals surface area contributed by atoms with Crippen molar-refractivity contribution in [2.24, 2.45) is 0 Å². The van der Waals surface area contributed by atoms with Crippen LogP contribution in [0.4, 0.5) is 21.1 Å². The van der Waals surface area contributed by atoms with Crippen molar-refractivity contribution in [1.82, 2.24) is 14.9 Å². The van der Waals surface area contributed by atoms with Gasteiger partial charge in [0, 0.05) is 24.8 Å². The third kappa shape index (κ3) is 4.01. The van der Waals surface area contributed by atoms with Crippen molar-refractivity contribution in [2.75, 3.05) is 23.1 Å². The van der Waals surface area contributed by atoms with E-state index in [2.05, 4.69) is 9.97 Å². The predicted molar refractivity (Wildman–Crippen MR) is 125 cm³/mol. The number of para-hydroxylation sites is 1. The zero-order valence-corrected chi connectivity index (χ0v) is 20.1. The Labute approximate surface area is 192 Å². The van der Waals surface area contributed by atoms with E-state index in [1.54, 1.807) is 23.0 Å². The molecule has 9 heteroatoms. The summed E-state index contributed by atoms with van der Waals surface area (Å²) in [5.74, 6) is 0.651. The molecule has 1 aromatic heterocycles. The number of carbonyl (C=O) groups excluding carboxylic acids is 2. The number of nitrogens with zero attached hydrogens (tertiary/aromatic N) is 5. The van der Waals surface area contributed by atoms with Gasteiger partial charge in [0.25, 0.3) is 0 Å². The molecule has 8 nitrogen and oxygen atoms in total. The number of urea groups is 1. The summed E-state index contributed by atoms with van der Waals surface area (Å²) in [7, 11) is 1.75. The van der Waals surface area contributed by atoms with Crippen LogP contribution in [0.5, 0.6) is 0 Å². The van der Waals surface area contributed by atoms with Gasteiger partial charge in [-0.3, -0.25) is 9.80 Å². The lowest BCUT2D eigenvalue weighted by Crippen LogP contribution is -2.52. The molecule has 0 radical (unpaired) electrons. The lowest BCUT2D eigenvalue weighted by Gasteiger charge is -2.45. The molecule has 2 aliphatic heterocycles. The molecule has 0 aliphatic carbocycles. The van der Waals surface area contributed by atoms with Crippen LogP contribution < -0.4 is 9.80 Å². The van der Waals surface area contributed by atoms with Gasteiger partial charge in [-0.25, -0.2) is 19.6 Å². The van der Waals surface area contributed by atoms with Crippen molar-refractivity contribution in [3.05, 3.63) is 41.6 Å². The summed E-state index contributed by atoms with van der Waals surface area (Å²) in [4.78, 5) is 40.5. The highest BCUT2D eigenvalue weighted by Gasteiger charge is 2.42. The number of hydrogen-bond donors (Lipinski definition) is 0. The standard InChI is InChI=1S/C23H29N5O3S/c1-14-11-18(16-9-7-8-10-17(16)28(14)22(30)31-23(2,3)4)27-13-15-12-24-20(32-6)25-19(15)26(5)21(27)29/h7-10,12,14,18H,11,13H2,1-6H3/t14-,18-/m0/s1. The fourth-order valence-corrected chi connectivity index (χ4v) is 4.66. The van der Waals surface area contributed by atoms with Crippen LogP contribution in [-0.2, 0) is 11.3 Å². The van der Waals surface area contributed by atoms with E-state index in [9.17, 15) is 9.59 Å². The van der Waals surface area contributed by atoms with Crippen LogP contribution >= 0.6 is 11.8 Å². The minimum atomic E-state index is -0.590. The van der Waals surface area contributed by atoms with Crippen LogP contribution in [0.15, 0.2) is 35.6 Å². The summed E-state index contributed by atoms with van der Waals surface area (Å²) in [6, 6.07) is 7.32. The molecule has 32 heavy (non-hydrogen) atoms. The summed E-state index contributed by atoms with van der Waals surface area (Å²) >= 11 is 1.45. The van der Waals surface area contributed by atoms with Crippen LogP contribution in [0.1, 0.15) is 51.3 Å². The molecular weight excluding hydrogens is 426 g/mol. The van der Waals surface area contributed by atoms with Crippen LogP contribution in [0.3, 0.4) is 0 Å². The zero-order chi connectivity index (χ0) is 23.2. The highest BCUT2D eigenvalue weighted by atomic mass is 32.2. The first-order valence-corrected chi connectivity index (χ1v) is 11.9. The fraction of sp³-hybridized carbons (Fsp3) is 0.478. The highest BCUT2D eigenvalue weighted by molar-refractivity contribution is 7.98. The number of fused-ring (bicyclic) bond motifs is 2. The number of thioether (sulfide) groups is 1. The molecule has 0 fully saturated rings. The van der Waals surface area contributed by atoms with Gasteiger partial charge < -0.3 is 9.64 Å². The summed E-state index contributed by atoms with van der Waals surface area (Å²) in [5.41, 5.74) is 2.03. The van der Waals surface area contributed by atoms with Gasteiger partial charge >= 0.3 is 12.1 Å². The largest absolute Gasteiger partial charge is 0.443 e. The SMILES string of the molecule is CSc1ncc2c(n1)N(C)C(=O)N([C@H]1C[C@H](C)N(C(=O)OC(C)(C)C)c3ccccc31)C2. The Hall–Kier alpha value is -2.81. The molecule has 0 N–H and O–H groups in total. The lowest BCUT2D eigenvalue weighted by atomic mass is 9.90. The topological polar surface area (TPSA) is 78.9 Å². The Kier molecular flexibility index (Phi) is 5.79. The van der Waals surface area contributed by atoms with Gasteiger partial charge in [0.1, 0.15) is 11.4 Å². The maximum absolute atomic E-state index is 13.4. The molecule has 0 saturated carbocycles. The minimum absolute atomic E-state index is 0.110. The molecule has 3 amide bonds. The smallest absolute Gasteiger partial charge is 0.415 e. The number of amides is 3. The third-order valence-electron chi connectivity index (χ3n) is 5.72. The van der Waals surface area contributed by atoms with Gasteiger partial charge in [-0.2, -0.15) is 0 Å². The van der Waals surface area contributed by atoms with E-state index >= 15 is 0 Å². The van der Waals surface area contributed by atoms with Crippen molar-refractivity contribution in [3.8, 4) is 0 Å². The average Bonchev–Trinajstić information content (AvgIpc) is 2.74. The van der Waals surface area contributed by atoms with Crippen molar-refractivity contribution >= 4 is 35.4 Å². The van der Waals surface area contributed by atoms with Crippen LogP contribution in [0.2, 0.25) is 0 Å². The summed E-state index contributed by atoms with van der Waals surface area (Å²) in [6.45, 7) is 7.99. The predicted octanol–water partition coefficient (Wildman–Crippen LogP) is 4.85. The third-order valence-corrected chi connectivity index (χ3v) is 6.28. The molecule has 2 atom stereocenters. The molecule has 0 spiro atoms. The van der Waals surface area contributed by atoms with E-state index in [0.717, 1.165) is 16.8 Å². The molecule has 0 bridgehead atoms. The van der Waals surface area contributed by atoms with E-state index in [4.69, 9.17) is 4.74 Å². The molecule has 0 unspecified atom stereocenters. The van der Waals surface area contributed by atoms with E-state index in [1.807, 2.05) is 63.1 Å². The molecule has 0 saturated heterocycles. The maximum atomic E-state index is 13.4. The van der Waals surface area contributed by atoms with Gasteiger partial charge in [-0.1, -0.05) is 30.0 Å². The number of carbonyl (C=O) groups is 2. The second-order valence-electron chi connectivity index (χ2n) is 9.18. The van der Waals surface area contributed by atoms with Gasteiger partial charge in [-0.05, 0) is 52.0 Å². The fourth-order valence-electron chi connectivity index (χ4n) is 4.33. The second kappa shape index (κ2) is 8.27. The number of hydrogen-bond acceptors (Lipinski definition) is 6. The van der Waals surface area contributed by atoms with Gasteiger partial charge in [0.05, 0.1) is 18.3 Å². The molecule has 3 heterocycles. The van der Waals surface area contributed by atoms with Gasteiger partial charge in [-0.15, -0.1) is 0 Å². The molecular formula is C23H29N5O3S. The van der Waals surface area contributed by atoms with Gasteiger partial charge in [0.2, 0.25) is 0 Å². The second-order valence-corrected chi connectivity index (χ2v) is 9.96. The summed E-state index contributed by atoms with van der Waals surface area (Å²) < 4.78 is 5.67. The van der Waals surface area contributed by atoms with Crippen LogP contribution in [-0.4, -0.2) is 51.9 Å². The first-order chi connectivity index (χ1) is 15.1. The first kappa shape index (κ1) is 22.4. The van der Waals surface area contributed by atoms with Crippen molar-refractivity contribution in [1.29, 1.82) is 0 Å². The number of benzene rings is 1. The Morgan fingerprint density at radius 2 is 1.97 bits per heavy atom. The van der Waals surface area contributed by atoms with Gasteiger partial charge in [0.15, 0.2) is 5.16 Å². The van der Waals surface area contributed by atoms with Crippen LogP contribution in [0, 0.1) is 0 Å². The average molecular weight is 456 g/mol. The Bertz CT molecular complexity index is 1050. The Morgan fingerprint density at radius 3 is 2.66 bits per heavy atom. The maximum Gasteiger partial charge on any atom is 0.415 e. The first-order valence-electron chi connectivity index (χ1n) is 10.7. The molecule has 4 rings (SSSR count). The Balaban J connectivity index is 1.70.